The number of benzene rings is 2. The second-order valence-corrected chi connectivity index (χ2v) is 11.3. The van der Waals surface area contributed by atoms with Crippen molar-refractivity contribution in [2.45, 2.75) is 19.1 Å². The van der Waals surface area contributed by atoms with Crippen molar-refractivity contribution in [2.24, 2.45) is 0 Å². The lowest BCUT2D eigenvalue weighted by atomic mass is 10.0. The van der Waals surface area contributed by atoms with Crippen LogP contribution in [0.3, 0.4) is 0 Å². The van der Waals surface area contributed by atoms with Crippen molar-refractivity contribution in [3.05, 3.63) is 58.6 Å². The van der Waals surface area contributed by atoms with Crippen molar-refractivity contribution in [3.8, 4) is 16.8 Å². The summed E-state index contributed by atoms with van der Waals surface area (Å²) in [5.41, 5.74) is 0.354. The molecule has 1 saturated heterocycles. The van der Waals surface area contributed by atoms with Crippen LogP contribution in [0.25, 0.3) is 16.8 Å². The first-order valence-corrected chi connectivity index (χ1v) is 13.2. The second kappa shape index (κ2) is 10.3. The molecule has 1 N–H and O–H groups in total. The molecule has 2 heterocycles. The van der Waals surface area contributed by atoms with E-state index in [4.69, 9.17) is 11.6 Å². The van der Waals surface area contributed by atoms with Crippen LogP contribution in [0.15, 0.2) is 36.4 Å². The lowest BCUT2D eigenvalue weighted by Gasteiger charge is -2.29. The molecule has 198 valence electrons. The molecular formula is C22H21ClF4N6O3S. The minimum absolute atomic E-state index is 0.00955. The van der Waals surface area contributed by atoms with Crippen LogP contribution in [0.2, 0.25) is 5.02 Å². The second-order valence-electron chi connectivity index (χ2n) is 8.63. The van der Waals surface area contributed by atoms with Gasteiger partial charge in [0.05, 0.1) is 22.2 Å². The third-order valence-corrected chi connectivity index (χ3v) is 7.66. The molecule has 0 radical (unpaired) electrons. The van der Waals surface area contributed by atoms with E-state index in [1.54, 1.807) is 6.92 Å². The summed E-state index contributed by atoms with van der Waals surface area (Å²) in [6.45, 7) is 2.78. The van der Waals surface area contributed by atoms with Gasteiger partial charge in [0.2, 0.25) is 0 Å². The largest absolute Gasteiger partial charge is 0.453 e. The number of nitrogens with zero attached hydrogens (tertiary/aromatic N) is 5. The number of hydrogen-bond acceptors (Lipinski definition) is 7. The first-order valence-electron chi connectivity index (χ1n) is 11.0. The molecule has 1 amide bonds. The fourth-order valence-corrected chi connectivity index (χ4v) is 5.51. The van der Waals surface area contributed by atoms with Crippen LogP contribution in [0.5, 0.6) is 0 Å². The summed E-state index contributed by atoms with van der Waals surface area (Å²) in [5, 5.41) is 12.4. The highest BCUT2D eigenvalue weighted by molar-refractivity contribution is 7.91. The number of amides is 1. The van der Waals surface area contributed by atoms with Crippen molar-refractivity contribution in [2.75, 3.05) is 31.1 Å². The van der Waals surface area contributed by atoms with Gasteiger partial charge < -0.3 is 5.32 Å². The molecule has 0 bridgehead atoms. The van der Waals surface area contributed by atoms with E-state index in [0.29, 0.717) is 24.3 Å². The smallest absolute Gasteiger partial charge is 0.348 e. The van der Waals surface area contributed by atoms with Gasteiger partial charge in [-0.15, -0.1) is 5.10 Å². The van der Waals surface area contributed by atoms with Crippen LogP contribution in [0, 0.1) is 5.82 Å². The van der Waals surface area contributed by atoms with Crippen molar-refractivity contribution in [1.82, 2.24) is 30.4 Å². The first kappa shape index (κ1) is 26.9. The summed E-state index contributed by atoms with van der Waals surface area (Å²) in [6, 6.07) is 7.02. The number of rotatable bonds is 6. The summed E-state index contributed by atoms with van der Waals surface area (Å²) >= 11 is 6.17. The lowest BCUT2D eigenvalue weighted by molar-refractivity contribution is -0.146. The Labute approximate surface area is 214 Å². The number of aromatic nitrogens is 4. The summed E-state index contributed by atoms with van der Waals surface area (Å²) in [5.74, 6) is -2.53. The van der Waals surface area contributed by atoms with Crippen LogP contribution < -0.4 is 5.32 Å². The third-order valence-electron chi connectivity index (χ3n) is 5.74. The van der Waals surface area contributed by atoms with E-state index in [-0.39, 0.29) is 38.9 Å². The summed E-state index contributed by atoms with van der Waals surface area (Å²) < 4.78 is 77.7. The number of nitrogens with one attached hydrogen (secondary N) is 1. The number of hydrogen-bond donors (Lipinski definition) is 1. The number of tetrazole rings is 1. The molecule has 15 heteroatoms. The van der Waals surface area contributed by atoms with Gasteiger partial charge in [-0.3, -0.25) is 9.69 Å². The molecule has 0 spiro atoms. The molecule has 3 aromatic rings. The molecule has 0 unspecified atom stereocenters. The van der Waals surface area contributed by atoms with Crippen LogP contribution in [-0.4, -0.2) is 76.6 Å². The average Bonchev–Trinajstić information content (AvgIpc) is 3.31. The number of sulfone groups is 1. The van der Waals surface area contributed by atoms with Crippen molar-refractivity contribution in [1.29, 1.82) is 0 Å². The van der Waals surface area contributed by atoms with E-state index in [1.165, 1.54) is 24.3 Å². The Morgan fingerprint density at radius 2 is 1.86 bits per heavy atom. The van der Waals surface area contributed by atoms with Crippen molar-refractivity contribution < 1.29 is 30.8 Å². The molecule has 1 aromatic heterocycles. The molecule has 1 aliphatic heterocycles. The van der Waals surface area contributed by atoms with Gasteiger partial charge in [-0.1, -0.05) is 11.6 Å². The standard InChI is InChI=1S/C22H21ClF4N6O3S/c1-13(12-32-4-6-37(35,36)7-5-32)28-20(34)15-8-14(18-3-2-16(24)11-19(18)23)9-17(10-15)33-21(22(25,26)27)29-30-31-33/h2-3,8-11,13H,4-7,12H2,1H3,(H,28,34)/t13-/m1/s1. The minimum atomic E-state index is -4.87. The Balaban J connectivity index is 1.66. The lowest BCUT2D eigenvalue weighted by Crippen LogP contribution is -2.47. The summed E-state index contributed by atoms with van der Waals surface area (Å²) in [7, 11) is -3.06. The topological polar surface area (TPSA) is 110 Å². The van der Waals surface area contributed by atoms with Gasteiger partial charge in [-0.2, -0.15) is 17.9 Å². The van der Waals surface area contributed by atoms with Gasteiger partial charge in [0.1, 0.15) is 5.82 Å². The number of carbonyl (C=O) groups is 1. The maximum Gasteiger partial charge on any atom is 0.453 e. The third kappa shape index (κ3) is 6.43. The van der Waals surface area contributed by atoms with Crippen LogP contribution in [0.1, 0.15) is 23.1 Å². The van der Waals surface area contributed by atoms with E-state index < -0.39 is 39.6 Å². The Hall–Kier alpha value is -3.10. The number of carbonyl (C=O) groups excluding carboxylic acids is 1. The van der Waals surface area contributed by atoms with E-state index in [0.717, 1.165) is 12.1 Å². The number of alkyl halides is 3. The monoisotopic (exact) mass is 560 g/mol. The fourth-order valence-electron chi connectivity index (χ4n) is 3.95. The predicted octanol–water partition coefficient (Wildman–Crippen LogP) is 2.99. The molecule has 9 nitrogen and oxygen atoms in total. The Bertz CT molecular complexity index is 1420. The Morgan fingerprint density at radius 3 is 2.51 bits per heavy atom. The quantitative estimate of drug-likeness (QED) is 0.462. The van der Waals surface area contributed by atoms with E-state index in [9.17, 15) is 30.8 Å². The van der Waals surface area contributed by atoms with Gasteiger partial charge >= 0.3 is 6.18 Å². The minimum Gasteiger partial charge on any atom is -0.348 e. The van der Waals surface area contributed by atoms with Gasteiger partial charge in [0.25, 0.3) is 11.7 Å². The van der Waals surface area contributed by atoms with Gasteiger partial charge in [0.15, 0.2) is 9.84 Å². The summed E-state index contributed by atoms with van der Waals surface area (Å²) in [6.07, 6.45) is -4.87. The van der Waals surface area contributed by atoms with Gasteiger partial charge in [0, 0.05) is 36.8 Å². The maximum atomic E-state index is 13.6. The highest BCUT2D eigenvalue weighted by atomic mass is 35.5. The maximum absolute atomic E-state index is 13.6. The Kier molecular flexibility index (Phi) is 7.53. The molecule has 1 fully saturated rings. The average molecular weight is 561 g/mol. The van der Waals surface area contributed by atoms with Crippen molar-refractivity contribution >= 4 is 27.3 Å². The van der Waals surface area contributed by atoms with Gasteiger partial charge in [-0.25, -0.2) is 12.8 Å². The Morgan fingerprint density at radius 1 is 1.16 bits per heavy atom. The molecule has 2 aromatic carbocycles. The van der Waals surface area contributed by atoms with Crippen molar-refractivity contribution in [3.63, 3.8) is 0 Å². The molecule has 1 atom stereocenters. The fraction of sp³-hybridized carbons (Fsp3) is 0.364. The molecule has 1 aliphatic rings. The number of halogens is 5. The molecule has 4 rings (SSSR count). The zero-order valence-corrected chi connectivity index (χ0v) is 20.9. The highest BCUT2D eigenvalue weighted by Crippen LogP contribution is 2.33. The summed E-state index contributed by atoms with van der Waals surface area (Å²) in [4.78, 5) is 15.0. The highest BCUT2D eigenvalue weighted by Gasteiger charge is 2.38. The predicted molar refractivity (Wildman–Crippen MR) is 127 cm³/mol. The van der Waals surface area contributed by atoms with Gasteiger partial charge in [-0.05, 0) is 59.3 Å². The van der Waals surface area contributed by atoms with Crippen LogP contribution >= 0.6 is 11.6 Å². The zero-order chi connectivity index (χ0) is 27.0. The SMILES string of the molecule is C[C@H](CN1CCS(=O)(=O)CC1)NC(=O)c1cc(-c2ccc(F)cc2Cl)cc(-n2nnnc2C(F)(F)F)c1. The normalized spacial score (nSPS) is 16.9. The zero-order valence-electron chi connectivity index (χ0n) is 19.3. The molecule has 0 aliphatic carbocycles. The van der Waals surface area contributed by atoms with E-state index >= 15 is 0 Å². The molecule has 37 heavy (non-hydrogen) atoms. The first-order chi connectivity index (χ1) is 17.3. The molecule has 0 saturated carbocycles. The molecular weight excluding hydrogens is 540 g/mol. The van der Waals surface area contributed by atoms with E-state index in [1.807, 2.05) is 4.90 Å². The van der Waals surface area contributed by atoms with E-state index in [2.05, 4.69) is 20.8 Å². The van der Waals surface area contributed by atoms with Crippen LogP contribution in [0.4, 0.5) is 17.6 Å². The van der Waals surface area contributed by atoms with Crippen LogP contribution in [-0.2, 0) is 16.0 Å².